The number of nitro benzene ring substituents is 1. The van der Waals surface area contributed by atoms with E-state index in [0.29, 0.717) is 22.9 Å². The number of ether oxygens (including phenoxy) is 2. The first-order chi connectivity index (χ1) is 15.4. The summed E-state index contributed by atoms with van der Waals surface area (Å²) in [5.74, 6) is 1.07. The molecule has 4 aromatic rings. The molecule has 9 nitrogen and oxygen atoms in total. The molecule has 0 radical (unpaired) electrons. The molecule has 0 bridgehead atoms. The van der Waals surface area contributed by atoms with E-state index in [1.54, 1.807) is 27.2 Å². The van der Waals surface area contributed by atoms with Crippen LogP contribution < -0.4 is 14.8 Å². The number of carbonyl (C=O) groups excluding carboxylic acids is 1. The number of nitrogens with zero attached hydrogens (tertiary/aromatic N) is 3. The predicted molar refractivity (Wildman–Crippen MR) is 122 cm³/mol. The van der Waals surface area contributed by atoms with Crippen LogP contribution in [0.15, 0.2) is 48.0 Å². The van der Waals surface area contributed by atoms with Gasteiger partial charge in [-0.1, -0.05) is 6.07 Å². The van der Waals surface area contributed by atoms with E-state index in [2.05, 4.69) is 10.3 Å². The quantitative estimate of drug-likeness (QED) is 0.327. The number of fused-ring (bicyclic) bond motifs is 1. The molecule has 0 aliphatic carbocycles. The summed E-state index contributed by atoms with van der Waals surface area (Å²) in [6.07, 6.45) is 1.94. The summed E-state index contributed by atoms with van der Waals surface area (Å²) in [6, 6.07) is 9.86. The highest BCUT2D eigenvalue weighted by molar-refractivity contribution is 7.15. The Morgan fingerprint density at radius 2 is 2.03 bits per heavy atom. The van der Waals surface area contributed by atoms with Crippen molar-refractivity contribution in [2.75, 3.05) is 19.5 Å². The highest BCUT2D eigenvalue weighted by atomic mass is 32.1. The van der Waals surface area contributed by atoms with Crippen molar-refractivity contribution in [3.05, 3.63) is 69.3 Å². The normalized spacial score (nSPS) is 10.8. The number of benzene rings is 2. The van der Waals surface area contributed by atoms with Crippen LogP contribution in [0.3, 0.4) is 0 Å². The molecule has 0 saturated heterocycles. The largest absolute Gasteiger partial charge is 0.497 e. The van der Waals surface area contributed by atoms with Crippen LogP contribution >= 0.6 is 11.3 Å². The lowest BCUT2D eigenvalue weighted by Gasteiger charge is -2.08. The molecule has 2 aromatic heterocycles. The molecule has 0 atom stereocenters. The Kier molecular flexibility index (Phi) is 5.78. The third kappa shape index (κ3) is 4.12. The van der Waals surface area contributed by atoms with Gasteiger partial charge in [0.1, 0.15) is 11.5 Å². The van der Waals surface area contributed by atoms with Gasteiger partial charge in [0, 0.05) is 35.0 Å². The van der Waals surface area contributed by atoms with Gasteiger partial charge in [-0.05, 0) is 30.7 Å². The number of hydrogen-bond donors (Lipinski definition) is 1. The molecular weight excluding hydrogens is 432 g/mol. The van der Waals surface area contributed by atoms with E-state index in [9.17, 15) is 14.9 Å². The fraction of sp³-hybridized carbons (Fsp3) is 0.182. The van der Waals surface area contributed by atoms with Gasteiger partial charge >= 0.3 is 0 Å². The second-order valence-electron chi connectivity index (χ2n) is 7.05. The molecule has 0 aliphatic rings. The third-order valence-corrected chi connectivity index (χ3v) is 5.90. The van der Waals surface area contributed by atoms with Crippen LogP contribution in [0.5, 0.6) is 11.5 Å². The summed E-state index contributed by atoms with van der Waals surface area (Å²) in [5, 5.41) is 15.7. The first kappa shape index (κ1) is 21.3. The summed E-state index contributed by atoms with van der Waals surface area (Å²) in [7, 11) is 3.19. The lowest BCUT2D eigenvalue weighted by Crippen LogP contribution is -2.16. The van der Waals surface area contributed by atoms with E-state index < -0.39 is 4.92 Å². The minimum atomic E-state index is -0.489. The summed E-state index contributed by atoms with van der Waals surface area (Å²) in [4.78, 5) is 28.6. The fourth-order valence-corrected chi connectivity index (χ4v) is 4.19. The SMILES string of the molecule is COc1ccc(OC)c(-c2cn3c(CC(=O)Nc4cc([N+](=O)[O-])ccc4C)csc3n2)c1. The number of rotatable bonds is 7. The number of nitrogens with one attached hydrogen (secondary N) is 1. The smallest absolute Gasteiger partial charge is 0.271 e. The fourth-order valence-electron chi connectivity index (χ4n) is 3.32. The van der Waals surface area contributed by atoms with E-state index in [1.807, 2.05) is 34.2 Å². The third-order valence-electron chi connectivity index (χ3n) is 5.01. The zero-order valence-corrected chi connectivity index (χ0v) is 18.4. The maximum absolute atomic E-state index is 12.7. The number of hydrogen-bond acceptors (Lipinski definition) is 7. The molecule has 32 heavy (non-hydrogen) atoms. The summed E-state index contributed by atoms with van der Waals surface area (Å²) < 4.78 is 12.6. The van der Waals surface area contributed by atoms with Crippen LogP contribution in [-0.4, -0.2) is 34.4 Å². The van der Waals surface area contributed by atoms with Crippen molar-refractivity contribution < 1.29 is 19.2 Å². The van der Waals surface area contributed by atoms with E-state index in [-0.39, 0.29) is 18.0 Å². The molecule has 0 aliphatic heterocycles. The van der Waals surface area contributed by atoms with E-state index in [4.69, 9.17) is 9.47 Å². The van der Waals surface area contributed by atoms with Crippen molar-refractivity contribution >= 4 is 33.6 Å². The zero-order valence-electron chi connectivity index (χ0n) is 17.6. The van der Waals surface area contributed by atoms with E-state index in [0.717, 1.165) is 21.8 Å². The molecular formula is C22H20N4O5S. The zero-order chi connectivity index (χ0) is 22.8. The second kappa shape index (κ2) is 8.67. The van der Waals surface area contributed by atoms with Crippen molar-refractivity contribution in [2.24, 2.45) is 0 Å². The van der Waals surface area contributed by atoms with Crippen LogP contribution in [0, 0.1) is 17.0 Å². The highest BCUT2D eigenvalue weighted by Crippen LogP contribution is 2.34. The number of methoxy groups -OCH3 is 2. The standard InChI is InChI=1S/C22H20N4O5S/c1-13-4-5-14(26(28)29)8-18(13)23-21(27)9-15-12-32-22-24-19(11-25(15)22)17-10-16(30-2)6-7-20(17)31-3/h4-8,10-12H,9H2,1-3H3,(H,23,27). The Labute approximate surface area is 187 Å². The summed E-state index contributed by atoms with van der Waals surface area (Å²) in [6.45, 7) is 1.78. The molecule has 2 aromatic carbocycles. The first-order valence-electron chi connectivity index (χ1n) is 9.62. The molecule has 0 unspecified atom stereocenters. The Morgan fingerprint density at radius 1 is 1.22 bits per heavy atom. The van der Waals surface area contributed by atoms with Crippen LogP contribution in [0.4, 0.5) is 11.4 Å². The highest BCUT2D eigenvalue weighted by Gasteiger charge is 2.17. The molecule has 10 heteroatoms. The van der Waals surface area contributed by atoms with Crippen LogP contribution in [0.2, 0.25) is 0 Å². The molecule has 0 fully saturated rings. The number of carbonyl (C=O) groups is 1. The van der Waals surface area contributed by atoms with Gasteiger partial charge in [-0.25, -0.2) is 4.98 Å². The van der Waals surface area contributed by atoms with Gasteiger partial charge in [-0.2, -0.15) is 0 Å². The number of amides is 1. The van der Waals surface area contributed by atoms with E-state index in [1.165, 1.54) is 23.5 Å². The molecule has 4 rings (SSSR count). The van der Waals surface area contributed by atoms with Crippen LogP contribution in [-0.2, 0) is 11.2 Å². The maximum Gasteiger partial charge on any atom is 0.271 e. The number of nitro groups is 1. The lowest BCUT2D eigenvalue weighted by molar-refractivity contribution is -0.384. The average Bonchev–Trinajstić information content (AvgIpc) is 3.36. The molecule has 0 saturated carbocycles. The number of non-ortho nitro benzene ring substituents is 1. The van der Waals surface area contributed by atoms with Crippen LogP contribution in [0.25, 0.3) is 16.2 Å². The minimum Gasteiger partial charge on any atom is -0.497 e. The maximum atomic E-state index is 12.7. The van der Waals surface area contributed by atoms with Gasteiger partial charge < -0.3 is 14.8 Å². The van der Waals surface area contributed by atoms with Gasteiger partial charge in [0.2, 0.25) is 5.91 Å². The van der Waals surface area contributed by atoms with Gasteiger partial charge in [-0.15, -0.1) is 11.3 Å². The molecule has 2 heterocycles. The van der Waals surface area contributed by atoms with Crippen molar-refractivity contribution in [2.45, 2.75) is 13.3 Å². The molecule has 1 N–H and O–H groups in total. The van der Waals surface area contributed by atoms with Crippen molar-refractivity contribution in [1.82, 2.24) is 9.38 Å². The summed E-state index contributed by atoms with van der Waals surface area (Å²) >= 11 is 1.42. The summed E-state index contributed by atoms with van der Waals surface area (Å²) in [5.41, 5.74) is 3.33. The minimum absolute atomic E-state index is 0.0738. The second-order valence-corrected chi connectivity index (χ2v) is 7.89. The number of anilines is 1. The van der Waals surface area contributed by atoms with Crippen LogP contribution in [0.1, 0.15) is 11.3 Å². The van der Waals surface area contributed by atoms with E-state index >= 15 is 0 Å². The number of imidazole rings is 1. The van der Waals surface area contributed by atoms with Crippen molar-refractivity contribution in [1.29, 1.82) is 0 Å². The molecule has 0 spiro atoms. The Morgan fingerprint density at radius 3 is 2.75 bits per heavy atom. The number of thiazole rings is 1. The topological polar surface area (TPSA) is 108 Å². The Hall–Kier alpha value is -3.92. The molecule has 164 valence electrons. The monoisotopic (exact) mass is 452 g/mol. The lowest BCUT2D eigenvalue weighted by atomic mass is 10.1. The van der Waals surface area contributed by atoms with Crippen molar-refractivity contribution in [3.63, 3.8) is 0 Å². The van der Waals surface area contributed by atoms with Gasteiger partial charge in [0.25, 0.3) is 5.69 Å². The Balaban J connectivity index is 1.59. The number of aromatic nitrogens is 2. The van der Waals surface area contributed by atoms with Gasteiger partial charge in [-0.3, -0.25) is 19.3 Å². The predicted octanol–water partition coefficient (Wildman–Crippen LogP) is 4.48. The Bertz CT molecular complexity index is 1330. The molecule has 1 amide bonds. The van der Waals surface area contributed by atoms with Crippen molar-refractivity contribution in [3.8, 4) is 22.8 Å². The van der Waals surface area contributed by atoms with Gasteiger partial charge in [0.05, 0.1) is 36.9 Å². The first-order valence-corrected chi connectivity index (χ1v) is 10.5. The van der Waals surface area contributed by atoms with Gasteiger partial charge in [0.15, 0.2) is 4.96 Å². The average molecular weight is 452 g/mol. The number of aryl methyl sites for hydroxylation is 1.